The Morgan fingerprint density at radius 3 is 2.76 bits per heavy atom. The highest BCUT2D eigenvalue weighted by atomic mass is 16.5. The van der Waals surface area contributed by atoms with E-state index >= 15 is 0 Å². The number of methoxy groups -OCH3 is 1. The second kappa shape index (κ2) is 6.73. The van der Waals surface area contributed by atoms with Gasteiger partial charge in [0.05, 0.1) is 19.3 Å². The summed E-state index contributed by atoms with van der Waals surface area (Å²) in [6, 6.07) is 2.99. The molecule has 3 saturated heterocycles. The fourth-order valence-electron chi connectivity index (χ4n) is 3.47. The van der Waals surface area contributed by atoms with Crippen molar-refractivity contribution in [1.29, 1.82) is 0 Å². The van der Waals surface area contributed by atoms with E-state index < -0.39 is 0 Å². The van der Waals surface area contributed by atoms with Crippen molar-refractivity contribution in [2.24, 2.45) is 0 Å². The van der Waals surface area contributed by atoms with Gasteiger partial charge in [0.1, 0.15) is 5.75 Å². The van der Waals surface area contributed by atoms with Crippen LogP contribution < -0.4 is 10.1 Å². The van der Waals surface area contributed by atoms with E-state index in [1.54, 1.807) is 13.3 Å². The lowest BCUT2D eigenvalue weighted by atomic mass is 9.94. The number of hydrogen-bond acceptors (Lipinski definition) is 5. The highest BCUT2D eigenvalue weighted by molar-refractivity contribution is 5.27. The maximum atomic E-state index is 5.34. The highest BCUT2D eigenvalue weighted by Crippen LogP contribution is 2.28. The molecule has 0 radical (unpaired) electrons. The minimum absolute atomic E-state index is 0.329. The first-order valence-electron chi connectivity index (χ1n) is 8.00. The van der Waals surface area contributed by atoms with Crippen LogP contribution in [0.3, 0.4) is 0 Å². The van der Waals surface area contributed by atoms with E-state index in [-0.39, 0.29) is 0 Å². The summed E-state index contributed by atoms with van der Waals surface area (Å²) in [4.78, 5) is 9.56. The summed E-state index contributed by atoms with van der Waals surface area (Å²) in [6.07, 6.45) is 4.90. The molecule has 116 valence electrons. The molecule has 3 fully saturated rings. The van der Waals surface area contributed by atoms with Crippen LogP contribution in [0.25, 0.3) is 0 Å². The second-order valence-electron chi connectivity index (χ2n) is 5.99. The van der Waals surface area contributed by atoms with Crippen LogP contribution in [-0.2, 0) is 0 Å². The molecule has 0 aromatic carbocycles. The van der Waals surface area contributed by atoms with Crippen LogP contribution in [0.1, 0.15) is 24.9 Å². The quantitative estimate of drug-likeness (QED) is 0.850. The Bertz CT molecular complexity index is 459. The zero-order valence-electron chi connectivity index (χ0n) is 13.1. The molecule has 2 atom stereocenters. The van der Waals surface area contributed by atoms with Gasteiger partial charge in [-0.3, -0.25) is 14.8 Å². The number of hydrogen-bond donors (Lipinski definition) is 1. The Kier molecular flexibility index (Phi) is 4.73. The summed E-state index contributed by atoms with van der Waals surface area (Å²) in [5.41, 5.74) is 1.24. The molecular formula is C16H26N4O. The number of nitrogens with one attached hydrogen (secondary N) is 1. The van der Waals surface area contributed by atoms with Gasteiger partial charge in [-0.05, 0) is 24.6 Å². The molecule has 0 spiro atoms. The van der Waals surface area contributed by atoms with Crippen LogP contribution in [0.5, 0.6) is 5.75 Å². The molecule has 3 aliphatic heterocycles. The fraction of sp³-hybridized carbons (Fsp3) is 0.688. The Balaban J connectivity index is 1.82. The van der Waals surface area contributed by atoms with Crippen molar-refractivity contribution in [2.45, 2.75) is 25.4 Å². The maximum Gasteiger partial charge on any atom is 0.137 e. The van der Waals surface area contributed by atoms with Crippen molar-refractivity contribution in [3.05, 3.63) is 24.0 Å². The van der Waals surface area contributed by atoms with Gasteiger partial charge in [0.2, 0.25) is 0 Å². The summed E-state index contributed by atoms with van der Waals surface area (Å²) in [5, 5.41) is 3.73. The minimum atomic E-state index is 0.329. The van der Waals surface area contributed by atoms with Crippen LogP contribution in [-0.4, -0.2) is 67.2 Å². The molecule has 2 bridgehead atoms. The summed E-state index contributed by atoms with van der Waals surface area (Å²) >= 11 is 0. The number of ether oxygens (including phenoxy) is 1. The van der Waals surface area contributed by atoms with Gasteiger partial charge in [-0.15, -0.1) is 0 Å². The van der Waals surface area contributed by atoms with Gasteiger partial charge in [0, 0.05) is 45.0 Å². The normalized spacial score (nSPS) is 29.3. The van der Waals surface area contributed by atoms with Crippen LogP contribution >= 0.6 is 0 Å². The lowest BCUT2D eigenvalue weighted by molar-refractivity contribution is -0.00371. The largest absolute Gasteiger partial charge is 0.495 e. The van der Waals surface area contributed by atoms with Crippen molar-refractivity contribution in [2.75, 3.05) is 46.4 Å². The molecule has 0 saturated carbocycles. The Morgan fingerprint density at radius 1 is 1.33 bits per heavy atom. The second-order valence-corrected chi connectivity index (χ2v) is 5.99. The molecule has 1 aromatic rings. The predicted octanol–water partition coefficient (Wildman–Crippen LogP) is 1.13. The average molecular weight is 290 g/mol. The molecular weight excluding hydrogens is 264 g/mol. The number of fused-ring (bicyclic) bond motifs is 3. The summed E-state index contributed by atoms with van der Waals surface area (Å²) in [6.45, 7) is 9.20. The molecule has 0 amide bonds. The molecule has 21 heavy (non-hydrogen) atoms. The van der Waals surface area contributed by atoms with E-state index in [2.05, 4.69) is 33.1 Å². The number of piperazine rings is 3. The van der Waals surface area contributed by atoms with Gasteiger partial charge in [-0.25, -0.2) is 0 Å². The van der Waals surface area contributed by atoms with Gasteiger partial charge in [-0.1, -0.05) is 6.92 Å². The summed E-state index contributed by atoms with van der Waals surface area (Å²) in [5.74, 6) is 0.840. The molecule has 5 nitrogen and oxygen atoms in total. The predicted molar refractivity (Wildman–Crippen MR) is 83.6 cm³/mol. The molecule has 1 N–H and O–H groups in total. The van der Waals surface area contributed by atoms with Crippen LogP contribution in [0, 0.1) is 0 Å². The first-order chi connectivity index (χ1) is 10.3. The third kappa shape index (κ3) is 3.20. The van der Waals surface area contributed by atoms with E-state index in [0.717, 1.165) is 25.3 Å². The van der Waals surface area contributed by atoms with Crippen molar-refractivity contribution in [1.82, 2.24) is 20.1 Å². The number of aromatic nitrogens is 1. The minimum Gasteiger partial charge on any atom is -0.495 e. The SMILES string of the molecule is CCCNC(c1cncc(OC)c1)C1CN2CCN1CC2. The molecule has 4 heterocycles. The fourth-order valence-corrected chi connectivity index (χ4v) is 3.47. The summed E-state index contributed by atoms with van der Waals surface area (Å²) < 4.78 is 5.34. The first kappa shape index (κ1) is 14.8. The zero-order chi connectivity index (χ0) is 14.7. The summed E-state index contributed by atoms with van der Waals surface area (Å²) in [7, 11) is 1.70. The van der Waals surface area contributed by atoms with E-state index in [1.165, 1.54) is 31.7 Å². The van der Waals surface area contributed by atoms with Crippen molar-refractivity contribution >= 4 is 0 Å². The number of nitrogens with zero attached hydrogens (tertiary/aromatic N) is 3. The lowest BCUT2D eigenvalue weighted by Gasteiger charge is -2.50. The standard InChI is InChI=1S/C16H26N4O/c1-3-4-18-16(13-9-14(21-2)11-17-10-13)15-12-19-5-7-20(15)8-6-19/h9-11,15-16,18H,3-8,12H2,1-2H3. The Labute approximate surface area is 127 Å². The lowest BCUT2D eigenvalue weighted by Crippen LogP contribution is -2.64. The third-order valence-corrected chi connectivity index (χ3v) is 4.65. The first-order valence-corrected chi connectivity index (χ1v) is 8.00. The van der Waals surface area contributed by atoms with E-state index in [4.69, 9.17) is 4.74 Å². The molecule has 4 rings (SSSR count). The van der Waals surface area contributed by atoms with Gasteiger partial charge in [0.15, 0.2) is 0 Å². The van der Waals surface area contributed by atoms with Crippen LogP contribution in [0.2, 0.25) is 0 Å². The van der Waals surface area contributed by atoms with Gasteiger partial charge in [-0.2, -0.15) is 0 Å². The highest BCUT2D eigenvalue weighted by Gasteiger charge is 2.37. The van der Waals surface area contributed by atoms with Gasteiger partial charge >= 0.3 is 0 Å². The smallest absolute Gasteiger partial charge is 0.137 e. The van der Waals surface area contributed by atoms with Crippen molar-refractivity contribution < 1.29 is 4.74 Å². The van der Waals surface area contributed by atoms with Crippen LogP contribution in [0.4, 0.5) is 0 Å². The Hall–Kier alpha value is -1.17. The zero-order valence-corrected chi connectivity index (χ0v) is 13.1. The van der Waals surface area contributed by atoms with E-state index in [9.17, 15) is 0 Å². The van der Waals surface area contributed by atoms with Crippen molar-refractivity contribution in [3.63, 3.8) is 0 Å². The third-order valence-electron chi connectivity index (χ3n) is 4.65. The van der Waals surface area contributed by atoms with Gasteiger partial charge in [0.25, 0.3) is 0 Å². The maximum absolute atomic E-state index is 5.34. The molecule has 5 heteroatoms. The van der Waals surface area contributed by atoms with Gasteiger partial charge < -0.3 is 10.1 Å². The van der Waals surface area contributed by atoms with Crippen molar-refractivity contribution in [3.8, 4) is 5.75 Å². The molecule has 0 aliphatic carbocycles. The topological polar surface area (TPSA) is 40.6 Å². The number of rotatable bonds is 6. The Morgan fingerprint density at radius 2 is 2.14 bits per heavy atom. The monoisotopic (exact) mass is 290 g/mol. The molecule has 3 aliphatic rings. The average Bonchev–Trinajstić information content (AvgIpc) is 2.56. The van der Waals surface area contributed by atoms with Crippen LogP contribution in [0.15, 0.2) is 18.5 Å². The molecule has 2 unspecified atom stereocenters. The number of pyridine rings is 1. The van der Waals surface area contributed by atoms with E-state index in [0.29, 0.717) is 12.1 Å². The molecule has 1 aromatic heterocycles. The van der Waals surface area contributed by atoms with E-state index in [1.807, 2.05) is 6.20 Å².